The zero-order valence-electron chi connectivity index (χ0n) is 16.8. The van der Waals surface area contributed by atoms with Crippen molar-refractivity contribution in [3.05, 3.63) is 64.7 Å². The fraction of sp³-hybridized carbons (Fsp3) is 0.318. The van der Waals surface area contributed by atoms with Gasteiger partial charge in [0.15, 0.2) is 0 Å². The lowest BCUT2D eigenvalue weighted by atomic mass is 10.0. The zero-order chi connectivity index (χ0) is 20.8. The topological polar surface area (TPSA) is 84.5 Å². The molecule has 0 spiro atoms. The highest BCUT2D eigenvalue weighted by Crippen LogP contribution is 2.18. The molecule has 6 nitrogen and oxygen atoms in total. The van der Waals surface area contributed by atoms with Gasteiger partial charge in [0.25, 0.3) is 5.91 Å². The van der Waals surface area contributed by atoms with Crippen molar-refractivity contribution < 1.29 is 19.1 Å². The Balaban J connectivity index is 2.16. The quantitative estimate of drug-likeness (QED) is 0.749. The van der Waals surface area contributed by atoms with Crippen LogP contribution in [0.1, 0.15) is 45.7 Å². The molecule has 2 amide bonds. The number of nitrogens with one attached hydrogen (secondary N) is 2. The van der Waals surface area contributed by atoms with Crippen LogP contribution in [0.25, 0.3) is 0 Å². The molecule has 0 aromatic heterocycles. The fourth-order valence-electron chi connectivity index (χ4n) is 2.84. The molecule has 0 aliphatic carbocycles. The minimum atomic E-state index is -0.702. The molecule has 0 bridgehead atoms. The summed E-state index contributed by atoms with van der Waals surface area (Å²) in [7, 11) is 1.32. The highest BCUT2D eigenvalue weighted by atomic mass is 16.5. The van der Waals surface area contributed by atoms with Crippen LogP contribution in [0.3, 0.4) is 0 Å². The van der Waals surface area contributed by atoms with Gasteiger partial charge in [0.1, 0.15) is 6.04 Å². The van der Waals surface area contributed by atoms with E-state index in [1.165, 1.54) is 7.11 Å². The minimum Gasteiger partial charge on any atom is -0.465 e. The average molecular weight is 382 g/mol. The molecule has 2 aromatic carbocycles. The van der Waals surface area contributed by atoms with E-state index in [4.69, 9.17) is 4.74 Å². The lowest BCUT2D eigenvalue weighted by molar-refractivity contribution is -0.118. The number of hydrogen-bond donors (Lipinski definition) is 2. The van der Waals surface area contributed by atoms with Crippen molar-refractivity contribution in [2.45, 2.75) is 33.7 Å². The second-order valence-electron chi connectivity index (χ2n) is 7.02. The standard InChI is InChI=1S/C22H26N2O4/c1-13(2)19(24-20(25)17-9-7-6-8-14(17)3)21(26)23-18-11-10-16(12-15(18)4)22(27)28-5/h6-13,19H,1-5H3,(H,23,26)(H,24,25). The van der Waals surface area contributed by atoms with Crippen molar-refractivity contribution in [2.24, 2.45) is 5.92 Å². The van der Waals surface area contributed by atoms with Crippen LogP contribution < -0.4 is 10.6 Å². The molecule has 28 heavy (non-hydrogen) atoms. The highest BCUT2D eigenvalue weighted by Gasteiger charge is 2.25. The summed E-state index contributed by atoms with van der Waals surface area (Å²) in [6, 6.07) is 11.4. The molecule has 0 aliphatic heterocycles. The summed E-state index contributed by atoms with van der Waals surface area (Å²) < 4.78 is 4.70. The third kappa shape index (κ3) is 4.97. The van der Waals surface area contributed by atoms with Gasteiger partial charge in [-0.25, -0.2) is 4.79 Å². The maximum absolute atomic E-state index is 12.8. The van der Waals surface area contributed by atoms with E-state index < -0.39 is 12.0 Å². The Bertz CT molecular complexity index is 890. The van der Waals surface area contributed by atoms with Gasteiger partial charge >= 0.3 is 5.97 Å². The normalized spacial score (nSPS) is 11.6. The van der Waals surface area contributed by atoms with Crippen LogP contribution in [0.5, 0.6) is 0 Å². The van der Waals surface area contributed by atoms with Crippen molar-refractivity contribution in [1.82, 2.24) is 5.32 Å². The first kappa shape index (κ1) is 21.2. The largest absolute Gasteiger partial charge is 0.465 e. The summed E-state index contributed by atoms with van der Waals surface area (Å²) in [5.41, 5.74) is 3.10. The van der Waals surface area contributed by atoms with Crippen molar-refractivity contribution >= 4 is 23.5 Å². The summed E-state index contributed by atoms with van der Waals surface area (Å²) in [6.07, 6.45) is 0. The third-order valence-corrected chi connectivity index (χ3v) is 4.53. The molecule has 1 unspecified atom stereocenters. The molecule has 0 saturated heterocycles. The molecular weight excluding hydrogens is 356 g/mol. The number of carbonyl (C=O) groups is 3. The lowest BCUT2D eigenvalue weighted by Crippen LogP contribution is -2.47. The molecule has 2 N–H and O–H groups in total. The van der Waals surface area contributed by atoms with E-state index in [1.807, 2.05) is 32.9 Å². The molecule has 0 fully saturated rings. The van der Waals surface area contributed by atoms with Crippen LogP contribution in [0.2, 0.25) is 0 Å². The number of methoxy groups -OCH3 is 1. The Morgan fingerprint density at radius 3 is 2.21 bits per heavy atom. The van der Waals surface area contributed by atoms with Crippen LogP contribution in [0.4, 0.5) is 5.69 Å². The van der Waals surface area contributed by atoms with Crippen molar-refractivity contribution in [3.8, 4) is 0 Å². The molecule has 0 aliphatic rings. The second-order valence-corrected chi connectivity index (χ2v) is 7.02. The van der Waals surface area contributed by atoms with Gasteiger partial charge in [-0.15, -0.1) is 0 Å². The van der Waals surface area contributed by atoms with E-state index in [9.17, 15) is 14.4 Å². The number of amides is 2. The van der Waals surface area contributed by atoms with Crippen LogP contribution in [-0.4, -0.2) is 30.9 Å². The smallest absolute Gasteiger partial charge is 0.337 e. The maximum atomic E-state index is 12.8. The van der Waals surface area contributed by atoms with Crippen LogP contribution in [0.15, 0.2) is 42.5 Å². The van der Waals surface area contributed by atoms with Crippen LogP contribution >= 0.6 is 0 Å². The molecule has 148 valence electrons. The SMILES string of the molecule is COC(=O)c1ccc(NC(=O)C(NC(=O)c2ccccc2C)C(C)C)c(C)c1. The number of esters is 1. The molecule has 0 saturated carbocycles. The van der Waals surface area contributed by atoms with Crippen LogP contribution in [0, 0.1) is 19.8 Å². The molecule has 2 rings (SSSR count). The Morgan fingerprint density at radius 1 is 0.964 bits per heavy atom. The Kier molecular flexibility index (Phi) is 6.93. The molecule has 1 atom stereocenters. The van der Waals surface area contributed by atoms with Crippen molar-refractivity contribution in [3.63, 3.8) is 0 Å². The van der Waals surface area contributed by atoms with E-state index in [0.29, 0.717) is 16.8 Å². The first-order valence-corrected chi connectivity index (χ1v) is 9.11. The van der Waals surface area contributed by atoms with Gasteiger partial charge < -0.3 is 15.4 Å². The second kappa shape index (κ2) is 9.17. The number of anilines is 1. The number of ether oxygens (including phenoxy) is 1. The van der Waals surface area contributed by atoms with Gasteiger partial charge in [0.2, 0.25) is 5.91 Å². The van der Waals surface area contributed by atoms with Gasteiger partial charge in [0.05, 0.1) is 12.7 Å². The average Bonchev–Trinajstić information content (AvgIpc) is 2.66. The molecule has 0 heterocycles. The maximum Gasteiger partial charge on any atom is 0.337 e. The van der Waals surface area contributed by atoms with Crippen molar-refractivity contribution in [1.29, 1.82) is 0 Å². The van der Waals surface area contributed by atoms with Gasteiger partial charge in [-0.05, 0) is 55.2 Å². The van der Waals surface area contributed by atoms with E-state index in [2.05, 4.69) is 10.6 Å². The number of hydrogen-bond acceptors (Lipinski definition) is 4. The number of carbonyl (C=O) groups excluding carboxylic acids is 3. The number of aryl methyl sites for hydroxylation is 2. The van der Waals surface area contributed by atoms with Gasteiger partial charge in [0, 0.05) is 11.3 Å². The van der Waals surface area contributed by atoms with Gasteiger partial charge in [-0.3, -0.25) is 9.59 Å². The molecule has 2 aromatic rings. The highest BCUT2D eigenvalue weighted by molar-refractivity contribution is 6.02. The van der Waals surface area contributed by atoms with E-state index in [1.54, 1.807) is 37.3 Å². The Labute approximate surface area is 165 Å². The van der Waals surface area contributed by atoms with Crippen molar-refractivity contribution in [2.75, 3.05) is 12.4 Å². The van der Waals surface area contributed by atoms with Crippen LogP contribution in [-0.2, 0) is 9.53 Å². The number of rotatable bonds is 6. The Morgan fingerprint density at radius 2 is 1.64 bits per heavy atom. The summed E-state index contributed by atoms with van der Waals surface area (Å²) >= 11 is 0. The minimum absolute atomic E-state index is 0.109. The third-order valence-electron chi connectivity index (χ3n) is 4.53. The van der Waals surface area contributed by atoms with Gasteiger partial charge in [-0.1, -0.05) is 32.0 Å². The zero-order valence-corrected chi connectivity index (χ0v) is 16.8. The molecule has 6 heteroatoms. The summed E-state index contributed by atoms with van der Waals surface area (Å²) in [5, 5.41) is 5.67. The molecule has 0 radical (unpaired) electrons. The first-order valence-electron chi connectivity index (χ1n) is 9.11. The predicted molar refractivity (Wildman–Crippen MR) is 108 cm³/mol. The summed E-state index contributed by atoms with van der Waals surface area (Å²) in [6.45, 7) is 7.38. The van der Waals surface area contributed by atoms with Gasteiger partial charge in [-0.2, -0.15) is 0 Å². The number of benzene rings is 2. The summed E-state index contributed by atoms with van der Waals surface area (Å²) in [5.74, 6) is -1.15. The fourth-order valence-corrected chi connectivity index (χ4v) is 2.84. The van der Waals surface area contributed by atoms with E-state index in [-0.39, 0.29) is 17.7 Å². The monoisotopic (exact) mass is 382 g/mol. The van der Waals surface area contributed by atoms with E-state index in [0.717, 1.165) is 11.1 Å². The summed E-state index contributed by atoms with van der Waals surface area (Å²) in [4.78, 5) is 37.1. The Hall–Kier alpha value is -3.15. The lowest BCUT2D eigenvalue weighted by Gasteiger charge is -2.22. The predicted octanol–water partition coefficient (Wildman–Crippen LogP) is 3.48. The van der Waals surface area contributed by atoms with E-state index >= 15 is 0 Å². The first-order chi connectivity index (χ1) is 13.2. The molecular formula is C22H26N2O4.